The molecule has 0 amide bonds. The van der Waals surface area contributed by atoms with Crippen molar-refractivity contribution in [3.05, 3.63) is 48.2 Å². The largest absolute Gasteiger partial charge is 0.453 e. The second kappa shape index (κ2) is 5.22. The van der Waals surface area contributed by atoms with Gasteiger partial charge in [0.1, 0.15) is 6.10 Å². The molecule has 1 unspecified atom stereocenters. The molecule has 2 heterocycles. The summed E-state index contributed by atoms with van der Waals surface area (Å²) in [6.45, 7) is 1.75. The minimum absolute atomic E-state index is 0.0215. The van der Waals surface area contributed by atoms with Crippen LogP contribution in [0.2, 0.25) is 0 Å². The molecule has 0 aliphatic heterocycles. The molecular formula is C12H12N4O2. The SMILES string of the molecule is CC(OC(=O)c1nccnc1N)c1cccnc1. The number of nitrogens with two attached hydrogens (primary N) is 1. The van der Waals surface area contributed by atoms with Gasteiger partial charge in [0.25, 0.3) is 0 Å². The van der Waals surface area contributed by atoms with Crippen molar-refractivity contribution in [2.45, 2.75) is 13.0 Å². The first-order chi connectivity index (χ1) is 8.68. The zero-order chi connectivity index (χ0) is 13.0. The zero-order valence-corrected chi connectivity index (χ0v) is 9.78. The molecular weight excluding hydrogens is 232 g/mol. The van der Waals surface area contributed by atoms with Crippen molar-refractivity contribution in [3.8, 4) is 0 Å². The molecule has 2 N–H and O–H groups in total. The van der Waals surface area contributed by atoms with Crippen molar-refractivity contribution in [2.24, 2.45) is 0 Å². The summed E-state index contributed by atoms with van der Waals surface area (Å²) in [7, 11) is 0. The average Bonchev–Trinajstić information content (AvgIpc) is 2.40. The highest BCUT2D eigenvalue weighted by Crippen LogP contribution is 2.17. The summed E-state index contributed by atoms with van der Waals surface area (Å²) < 4.78 is 5.24. The molecule has 6 heteroatoms. The molecule has 0 spiro atoms. The standard InChI is InChI=1S/C12H12N4O2/c1-8(9-3-2-4-14-7-9)18-12(17)10-11(13)16-6-5-15-10/h2-8H,1H3,(H2,13,16). The highest BCUT2D eigenvalue weighted by molar-refractivity contribution is 5.91. The van der Waals surface area contributed by atoms with Gasteiger partial charge in [0.15, 0.2) is 11.5 Å². The van der Waals surface area contributed by atoms with Gasteiger partial charge in [-0.1, -0.05) is 6.07 Å². The number of carbonyl (C=O) groups excluding carboxylic acids is 1. The van der Waals surface area contributed by atoms with Crippen molar-refractivity contribution >= 4 is 11.8 Å². The van der Waals surface area contributed by atoms with Crippen LogP contribution in [0.3, 0.4) is 0 Å². The second-order valence-electron chi connectivity index (χ2n) is 3.62. The molecule has 2 rings (SSSR count). The highest BCUT2D eigenvalue weighted by atomic mass is 16.5. The smallest absolute Gasteiger partial charge is 0.361 e. The van der Waals surface area contributed by atoms with Gasteiger partial charge in [-0.2, -0.15) is 0 Å². The van der Waals surface area contributed by atoms with Crippen molar-refractivity contribution in [3.63, 3.8) is 0 Å². The number of hydrogen-bond donors (Lipinski definition) is 1. The molecule has 2 aromatic heterocycles. The van der Waals surface area contributed by atoms with Crippen LogP contribution in [0.5, 0.6) is 0 Å². The fourth-order valence-electron chi connectivity index (χ4n) is 1.41. The fourth-order valence-corrected chi connectivity index (χ4v) is 1.41. The molecule has 6 nitrogen and oxygen atoms in total. The maximum absolute atomic E-state index is 11.8. The van der Waals surface area contributed by atoms with E-state index in [4.69, 9.17) is 10.5 Å². The van der Waals surface area contributed by atoms with E-state index in [1.165, 1.54) is 12.4 Å². The van der Waals surface area contributed by atoms with Crippen LogP contribution in [0, 0.1) is 0 Å². The van der Waals surface area contributed by atoms with Gasteiger partial charge in [0.05, 0.1) is 0 Å². The van der Waals surface area contributed by atoms with E-state index in [-0.39, 0.29) is 11.5 Å². The summed E-state index contributed by atoms with van der Waals surface area (Å²) in [5, 5.41) is 0. The molecule has 0 radical (unpaired) electrons. The third kappa shape index (κ3) is 2.60. The summed E-state index contributed by atoms with van der Waals surface area (Å²) >= 11 is 0. The van der Waals surface area contributed by atoms with E-state index < -0.39 is 12.1 Å². The van der Waals surface area contributed by atoms with E-state index in [1.54, 1.807) is 25.4 Å². The number of pyridine rings is 1. The van der Waals surface area contributed by atoms with E-state index in [2.05, 4.69) is 15.0 Å². The molecule has 92 valence electrons. The summed E-state index contributed by atoms with van der Waals surface area (Å²) in [5.74, 6) is -0.544. The molecule has 0 saturated heterocycles. The molecule has 0 aliphatic rings. The maximum Gasteiger partial charge on any atom is 0.361 e. The number of anilines is 1. The Kier molecular flexibility index (Phi) is 3.47. The van der Waals surface area contributed by atoms with Gasteiger partial charge in [0.2, 0.25) is 0 Å². The van der Waals surface area contributed by atoms with Gasteiger partial charge in [-0.15, -0.1) is 0 Å². The van der Waals surface area contributed by atoms with E-state index in [1.807, 2.05) is 6.07 Å². The first-order valence-electron chi connectivity index (χ1n) is 5.36. The summed E-state index contributed by atoms with van der Waals surface area (Å²) in [5.41, 5.74) is 6.37. The summed E-state index contributed by atoms with van der Waals surface area (Å²) in [4.78, 5) is 23.4. The minimum atomic E-state index is -0.600. The van der Waals surface area contributed by atoms with Crippen LogP contribution in [-0.2, 0) is 4.74 Å². The van der Waals surface area contributed by atoms with Gasteiger partial charge in [-0.05, 0) is 13.0 Å². The normalized spacial score (nSPS) is 11.8. The van der Waals surface area contributed by atoms with Crippen LogP contribution < -0.4 is 5.73 Å². The Labute approximate surface area is 104 Å². The predicted molar refractivity (Wildman–Crippen MR) is 64.5 cm³/mol. The molecule has 0 bridgehead atoms. The number of rotatable bonds is 3. The number of carbonyl (C=O) groups is 1. The first kappa shape index (κ1) is 12.0. The zero-order valence-electron chi connectivity index (χ0n) is 9.78. The van der Waals surface area contributed by atoms with Crippen LogP contribution in [0.4, 0.5) is 5.82 Å². The third-order valence-electron chi connectivity index (χ3n) is 2.36. The van der Waals surface area contributed by atoms with Crippen molar-refractivity contribution in [2.75, 3.05) is 5.73 Å². The Balaban J connectivity index is 2.11. The van der Waals surface area contributed by atoms with Gasteiger partial charge in [-0.25, -0.2) is 14.8 Å². The maximum atomic E-state index is 11.8. The van der Waals surface area contributed by atoms with E-state index in [9.17, 15) is 4.79 Å². The molecule has 0 aromatic carbocycles. The summed E-state index contributed by atoms with van der Waals surface area (Å²) in [6.07, 6.45) is 5.67. The first-order valence-corrected chi connectivity index (χ1v) is 5.36. The van der Waals surface area contributed by atoms with Gasteiger partial charge >= 0.3 is 5.97 Å². The van der Waals surface area contributed by atoms with Crippen molar-refractivity contribution < 1.29 is 9.53 Å². The molecule has 18 heavy (non-hydrogen) atoms. The molecule has 1 atom stereocenters. The quantitative estimate of drug-likeness (QED) is 0.820. The van der Waals surface area contributed by atoms with Crippen LogP contribution >= 0.6 is 0 Å². The van der Waals surface area contributed by atoms with Gasteiger partial charge in [-0.3, -0.25) is 4.98 Å². The Morgan fingerprint density at radius 3 is 2.78 bits per heavy atom. The van der Waals surface area contributed by atoms with Crippen molar-refractivity contribution in [1.29, 1.82) is 0 Å². The van der Waals surface area contributed by atoms with E-state index in [0.29, 0.717) is 0 Å². The minimum Gasteiger partial charge on any atom is -0.453 e. The van der Waals surface area contributed by atoms with Gasteiger partial charge < -0.3 is 10.5 Å². The lowest BCUT2D eigenvalue weighted by Gasteiger charge is -2.12. The Bertz CT molecular complexity index is 545. The van der Waals surface area contributed by atoms with Gasteiger partial charge in [0, 0.05) is 30.4 Å². The molecule has 2 aromatic rings. The molecule has 0 aliphatic carbocycles. The van der Waals surface area contributed by atoms with E-state index >= 15 is 0 Å². The third-order valence-corrected chi connectivity index (χ3v) is 2.36. The number of aromatic nitrogens is 3. The number of hydrogen-bond acceptors (Lipinski definition) is 6. The Morgan fingerprint density at radius 2 is 2.11 bits per heavy atom. The number of nitrogen functional groups attached to an aromatic ring is 1. The van der Waals surface area contributed by atoms with Crippen molar-refractivity contribution in [1.82, 2.24) is 15.0 Å². The van der Waals surface area contributed by atoms with E-state index in [0.717, 1.165) is 5.56 Å². The average molecular weight is 244 g/mol. The van der Waals surface area contributed by atoms with Crippen LogP contribution in [-0.4, -0.2) is 20.9 Å². The predicted octanol–water partition coefficient (Wildman–Crippen LogP) is 1.37. The number of ether oxygens (including phenoxy) is 1. The van der Waals surface area contributed by atoms with Crippen LogP contribution in [0.15, 0.2) is 36.9 Å². The van der Waals surface area contributed by atoms with Crippen LogP contribution in [0.25, 0.3) is 0 Å². The Hall–Kier alpha value is -2.50. The highest BCUT2D eigenvalue weighted by Gasteiger charge is 2.17. The lowest BCUT2D eigenvalue weighted by Crippen LogP contribution is -2.13. The van der Waals surface area contributed by atoms with Crippen LogP contribution in [0.1, 0.15) is 29.1 Å². The Morgan fingerprint density at radius 1 is 1.33 bits per heavy atom. The number of esters is 1. The molecule has 0 fully saturated rings. The number of nitrogens with zero attached hydrogens (tertiary/aromatic N) is 3. The summed E-state index contributed by atoms with van der Waals surface area (Å²) in [6, 6.07) is 3.60. The second-order valence-corrected chi connectivity index (χ2v) is 3.62. The fraction of sp³-hybridized carbons (Fsp3) is 0.167. The lowest BCUT2D eigenvalue weighted by atomic mass is 10.2. The lowest BCUT2D eigenvalue weighted by molar-refractivity contribution is 0.0331. The monoisotopic (exact) mass is 244 g/mol. The topological polar surface area (TPSA) is 91.0 Å². The molecule has 0 saturated carbocycles.